The van der Waals surface area contributed by atoms with Gasteiger partial charge in [-0.3, -0.25) is 9.78 Å². The normalized spacial score (nSPS) is 33.9. The molecular formula is C30H40ClN3O4. The number of rotatable bonds is 10. The second-order valence-electron chi connectivity index (χ2n) is 12.1. The Hall–Kier alpha value is -1.93. The first-order valence-corrected chi connectivity index (χ1v) is 14.8. The van der Waals surface area contributed by atoms with E-state index in [1.165, 1.54) is 32.1 Å². The Kier molecular flexibility index (Phi) is 7.81. The summed E-state index contributed by atoms with van der Waals surface area (Å²) >= 11 is 6.08. The third kappa shape index (κ3) is 5.40. The molecule has 7 rings (SSSR count). The first kappa shape index (κ1) is 26.3. The average molecular weight is 542 g/mol. The van der Waals surface area contributed by atoms with Crippen molar-refractivity contribution in [1.82, 2.24) is 10.3 Å². The SMILES string of the molecule is COC1(OOC2CCC(CC(=O)NCCNc3ccnc4cc(Cl)ccc34)CC2)C2CC3CC(C2)CC1C3. The topological polar surface area (TPSA) is 81.7 Å². The Morgan fingerprint density at radius 3 is 2.47 bits per heavy atom. The zero-order valence-electron chi connectivity index (χ0n) is 22.3. The molecule has 2 aromatic rings. The molecule has 0 radical (unpaired) electrons. The van der Waals surface area contributed by atoms with Crippen molar-refractivity contribution in [3.63, 3.8) is 0 Å². The summed E-state index contributed by atoms with van der Waals surface area (Å²) in [7, 11) is 1.80. The van der Waals surface area contributed by atoms with Crippen LogP contribution < -0.4 is 10.6 Å². The van der Waals surface area contributed by atoms with E-state index in [-0.39, 0.29) is 12.0 Å². The van der Waals surface area contributed by atoms with Gasteiger partial charge in [0, 0.05) is 60.7 Å². The van der Waals surface area contributed by atoms with Gasteiger partial charge in [0.2, 0.25) is 11.7 Å². The molecule has 38 heavy (non-hydrogen) atoms. The van der Waals surface area contributed by atoms with Crippen molar-refractivity contribution < 1.29 is 19.3 Å². The van der Waals surface area contributed by atoms with E-state index >= 15 is 0 Å². The van der Waals surface area contributed by atoms with Crippen LogP contribution in [0.5, 0.6) is 0 Å². The third-order valence-electron chi connectivity index (χ3n) is 9.64. The van der Waals surface area contributed by atoms with Crippen molar-refractivity contribution in [2.45, 2.75) is 76.1 Å². The molecule has 5 fully saturated rings. The van der Waals surface area contributed by atoms with Gasteiger partial charge in [0.1, 0.15) is 0 Å². The first-order chi connectivity index (χ1) is 18.5. The number of carbonyl (C=O) groups excluding carboxylic acids is 1. The van der Waals surface area contributed by atoms with Crippen LogP contribution in [0.4, 0.5) is 5.69 Å². The largest absolute Gasteiger partial charge is 0.383 e. The highest BCUT2D eigenvalue weighted by Crippen LogP contribution is 2.60. The Morgan fingerprint density at radius 2 is 1.76 bits per heavy atom. The molecule has 1 heterocycles. The number of pyridine rings is 1. The Bertz CT molecular complexity index is 1110. The Balaban J connectivity index is 0.902. The fraction of sp³-hybridized carbons (Fsp3) is 0.667. The number of nitrogens with one attached hydrogen (secondary N) is 2. The van der Waals surface area contributed by atoms with Crippen LogP contribution in [0, 0.1) is 29.6 Å². The monoisotopic (exact) mass is 541 g/mol. The lowest BCUT2D eigenvalue weighted by Gasteiger charge is -2.58. The number of hydrogen-bond acceptors (Lipinski definition) is 6. The minimum Gasteiger partial charge on any atom is -0.383 e. The van der Waals surface area contributed by atoms with Gasteiger partial charge in [-0.05, 0) is 99.8 Å². The summed E-state index contributed by atoms with van der Waals surface area (Å²) in [5.74, 6) is 2.62. The van der Waals surface area contributed by atoms with Crippen molar-refractivity contribution in [3.8, 4) is 0 Å². The lowest BCUT2D eigenvalue weighted by molar-refractivity contribution is -0.485. The number of carbonyl (C=O) groups is 1. The standard InChI is InChI=1S/C30H40ClN3O4/c1-36-30(22-13-20-12-21(15-22)16-23(30)14-20)38-37-25-5-2-19(3-6-25)17-29(35)34-11-10-33-27-8-9-32-28-18-24(31)4-7-26(27)28/h4,7-9,18-23,25H,2-3,5-6,10-17H2,1H3,(H,32,33)(H,34,35). The van der Waals surface area contributed by atoms with Crippen LogP contribution in [0.25, 0.3) is 10.9 Å². The third-order valence-corrected chi connectivity index (χ3v) is 9.88. The van der Waals surface area contributed by atoms with E-state index in [4.69, 9.17) is 26.1 Å². The maximum Gasteiger partial charge on any atom is 0.220 e. The summed E-state index contributed by atoms with van der Waals surface area (Å²) in [5.41, 5.74) is 1.84. The van der Waals surface area contributed by atoms with Gasteiger partial charge in [0.05, 0.1) is 11.6 Å². The zero-order chi connectivity index (χ0) is 26.1. The number of benzene rings is 1. The van der Waals surface area contributed by atoms with Crippen LogP contribution >= 0.6 is 11.6 Å². The molecule has 5 aliphatic carbocycles. The fourth-order valence-corrected chi connectivity index (χ4v) is 8.10. The van der Waals surface area contributed by atoms with Crippen LogP contribution in [0.3, 0.4) is 0 Å². The molecule has 1 aromatic carbocycles. The van der Waals surface area contributed by atoms with Crippen molar-refractivity contribution in [2.75, 3.05) is 25.5 Å². The van der Waals surface area contributed by atoms with E-state index in [9.17, 15) is 4.79 Å². The van der Waals surface area contributed by atoms with Crippen molar-refractivity contribution >= 4 is 34.1 Å². The number of halogens is 1. The lowest BCUT2D eigenvalue weighted by Crippen LogP contribution is -2.60. The number of anilines is 1. The Morgan fingerprint density at radius 1 is 1.03 bits per heavy atom. The lowest BCUT2D eigenvalue weighted by atomic mass is 9.53. The molecule has 7 nitrogen and oxygen atoms in total. The summed E-state index contributed by atoms with van der Waals surface area (Å²) < 4.78 is 6.07. The number of amides is 1. The van der Waals surface area contributed by atoms with Crippen LogP contribution in [-0.2, 0) is 19.3 Å². The highest BCUT2D eigenvalue weighted by atomic mass is 35.5. The van der Waals surface area contributed by atoms with Crippen LogP contribution in [0.15, 0.2) is 30.5 Å². The molecule has 0 atom stereocenters. The predicted molar refractivity (Wildman–Crippen MR) is 148 cm³/mol. The molecule has 206 valence electrons. The highest BCUT2D eigenvalue weighted by molar-refractivity contribution is 6.31. The smallest absolute Gasteiger partial charge is 0.220 e. The quantitative estimate of drug-likeness (QED) is 0.163. The molecule has 4 bridgehead atoms. The van der Waals surface area contributed by atoms with E-state index in [1.54, 1.807) is 13.3 Å². The molecule has 1 amide bonds. The number of aromatic nitrogens is 1. The summed E-state index contributed by atoms with van der Waals surface area (Å²) in [6.07, 6.45) is 12.5. The van der Waals surface area contributed by atoms with Gasteiger partial charge in [0.15, 0.2) is 0 Å². The zero-order valence-corrected chi connectivity index (χ0v) is 23.1. The minimum atomic E-state index is -0.548. The molecule has 5 aliphatic rings. The first-order valence-electron chi connectivity index (χ1n) is 14.5. The van der Waals surface area contributed by atoms with Gasteiger partial charge in [-0.1, -0.05) is 11.6 Å². The summed E-state index contributed by atoms with van der Waals surface area (Å²) in [5, 5.41) is 8.16. The summed E-state index contributed by atoms with van der Waals surface area (Å²) in [6.45, 7) is 1.22. The highest BCUT2D eigenvalue weighted by Gasteiger charge is 2.60. The van der Waals surface area contributed by atoms with E-state index in [0.717, 1.165) is 54.1 Å². The Labute approximate surface area is 230 Å². The number of ether oxygens (including phenoxy) is 1. The second-order valence-corrected chi connectivity index (χ2v) is 12.5. The van der Waals surface area contributed by atoms with Gasteiger partial charge in [-0.2, -0.15) is 0 Å². The van der Waals surface area contributed by atoms with E-state index in [0.29, 0.717) is 42.3 Å². The number of nitrogens with zero attached hydrogens (tertiary/aromatic N) is 1. The van der Waals surface area contributed by atoms with Crippen LogP contribution in [0.1, 0.15) is 64.2 Å². The van der Waals surface area contributed by atoms with Crippen molar-refractivity contribution in [2.24, 2.45) is 29.6 Å². The van der Waals surface area contributed by atoms with E-state index in [2.05, 4.69) is 15.6 Å². The number of hydrogen-bond donors (Lipinski definition) is 2. The average Bonchev–Trinajstić information content (AvgIpc) is 2.91. The minimum absolute atomic E-state index is 0.0905. The predicted octanol–water partition coefficient (Wildman–Crippen LogP) is 6.11. The van der Waals surface area contributed by atoms with Crippen LogP contribution in [-0.4, -0.2) is 43.0 Å². The van der Waals surface area contributed by atoms with Gasteiger partial charge in [0.25, 0.3) is 0 Å². The molecule has 5 saturated carbocycles. The molecule has 0 saturated heterocycles. The van der Waals surface area contributed by atoms with Gasteiger partial charge < -0.3 is 15.4 Å². The van der Waals surface area contributed by atoms with Gasteiger partial charge >= 0.3 is 0 Å². The summed E-state index contributed by atoms with van der Waals surface area (Å²) in [4.78, 5) is 29.2. The maximum atomic E-state index is 12.6. The maximum absolute atomic E-state index is 12.6. The molecular weight excluding hydrogens is 502 g/mol. The molecule has 0 unspecified atom stereocenters. The molecule has 0 aliphatic heterocycles. The molecule has 1 aromatic heterocycles. The molecule has 8 heteroatoms. The summed E-state index contributed by atoms with van der Waals surface area (Å²) in [6, 6.07) is 7.63. The van der Waals surface area contributed by atoms with E-state index < -0.39 is 5.79 Å². The van der Waals surface area contributed by atoms with Gasteiger partial charge in [-0.25, -0.2) is 9.78 Å². The fourth-order valence-electron chi connectivity index (χ4n) is 7.93. The number of fused-ring (bicyclic) bond motifs is 1. The molecule has 0 spiro atoms. The molecule has 2 N–H and O–H groups in total. The van der Waals surface area contributed by atoms with Crippen molar-refractivity contribution in [3.05, 3.63) is 35.5 Å². The second kappa shape index (κ2) is 11.3. The van der Waals surface area contributed by atoms with E-state index in [1.807, 2.05) is 24.3 Å². The van der Waals surface area contributed by atoms with Crippen molar-refractivity contribution in [1.29, 1.82) is 0 Å². The number of methoxy groups -OCH3 is 1. The van der Waals surface area contributed by atoms with Crippen LogP contribution in [0.2, 0.25) is 5.02 Å². The van der Waals surface area contributed by atoms with Gasteiger partial charge in [-0.15, -0.1) is 0 Å².